The Morgan fingerprint density at radius 1 is 1.03 bits per heavy atom. The van der Waals surface area contributed by atoms with Gasteiger partial charge in [0.25, 0.3) is 0 Å². The maximum absolute atomic E-state index is 14.0. The van der Waals surface area contributed by atoms with Gasteiger partial charge in [-0.15, -0.1) is 0 Å². The fourth-order valence-corrected chi connectivity index (χ4v) is 4.57. The van der Waals surface area contributed by atoms with Crippen LogP contribution in [0.15, 0.2) is 54.6 Å². The quantitative estimate of drug-likeness (QED) is 0.702. The number of rotatable bonds is 6. The maximum Gasteiger partial charge on any atom is 0.407 e. The van der Waals surface area contributed by atoms with Crippen LogP contribution < -0.4 is 10.1 Å². The monoisotopic (exact) mass is 468 g/mol. The molecule has 8 nitrogen and oxygen atoms in total. The van der Waals surface area contributed by atoms with Gasteiger partial charge in [-0.05, 0) is 36.1 Å². The van der Waals surface area contributed by atoms with Gasteiger partial charge in [-0.3, -0.25) is 4.79 Å². The van der Waals surface area contributed by atoms with Crippen molar-refractivity contribution in [3.63, 3.8) is 0 Å². The minimum atomic E-state index is -0.673. The van der Waals surface area contributed by atoms with Crippen LogP contribution in [0.3, 0.4) is 0 Å². The van der Waals surface area contributed by atoms with Crippen LogP contribution in [0.5, 0.6) is 5.75 Å². The molecule has 0 radical (unpaired) electrons. The number of nitrogens with zero attached hydrogens (tertiary/aromatic N) is 1. The highest BCUT2D eigenvalue weighted by molar-refractivity contribution is 5.88. The third-order valence-corrected chi connectivity index (χ3v) is 6.49. The third-order valence-electron chi connectivity index (χ3n) is 6.49. The smallest absolute Gasteiger partial charge is 0.407 e. The van der Waals surface area contributed by atoms with Crippen LogP contribution in [0.4, 0.5) is 4.79 Å². The van der Waals surface area contributed by atoms with Crippen molar-refractivity contribution in [3.8, 4) is 5.75 Å². The predicted molar refractivity (Wildman–Crippen MR) is 126 cm³/mol. The topological polar surface area (TPSA) is 86.3 Å². The highest BCUT2D eigenvalue weighted by atomic mass is 16.5. The summed E-state index contributed by atoms with van der Waals surface area (Å²) in [6.45, 7) is 2.79. The van der Waals surface area contributed by atoms with E-state index in [0.717, 1.165) is 16.9 Å². The van der Waals surface area contributed by atoms with Gasteiger partial charge in [0.1, 0.15) is 12.4 Å². The summed E-state index contributed by atoms with van der Waals surface area (Å²) in [5, 5.41) is 2.86. The van der Waals surface area contributed by atoms with Gasteiger partial charge in [-0.25, -0.2) is 4.79 Å². The molecule has 2 saturated heterocycles. The first kappa shape index (κ1) is 24.0. The predicted octanol–water partition coefficient (Wildman–Crippen LogP) is 2.90. The number of carbonyl (C=O) groups excluding carboxylic acids is 2. The summed E-state index contributed by atoms with van der Waals surface area (Å²) in [5.41, 5.74) is 1.19. The SMILES string of the molecule is COc1ccc(C2(C(=O)N3CCOCC(NC(=O)OCc4ccccc4)C3)CCOCC2)cc1. The van der Waals surface area contributed by atoms with Crippen LogP contribution in [0.2, 0.25) is 0 Å². The van der Waals surface area contributed by atoms with Crippen molar-refractivity contribution < 1.29 is 28.5 Å². The number of methoxy groups -OCH3 is 1. The number of amides is 2. The molecule has 1 unspecified atom stereocenters. The number of alkyl carbamates (subject to hydrolysis) is 1. The molecule has 2 aromatic carbocycles. The van der Waals surface area contributed by atoms with Gasteiger partial charge in [0.2, 0.25) is 5.91 Å². The van der Waals surface area contributed by atoms with Crippen molar-refractivity contribution in [1.82, 2.24) is 10.2 Å². The van der Waals surface area contributed by atoms with Crippen LogP contribution in [0.25, 0.3) is 0 Å². The zero-order chi connectivity index (χ0) is 23.8. The lowest BCUT2D eigenvalue weighted by atomic mass is 9.73. The third kappa shape index (κ3) is 5.69. The van der Waals surface area contributed by atoms with Gasteiger partial charge in [-0.2, -0.15) is 0 Å². The molecule has 0 bridgehead atoms. The van der Waals surface area contributed by atoms with Crippen molar-refractivity contribution in [1.29, 1.82) is 0 Å². The Labute approximate surface area is 200 Å². The van der Waals surface area contributed by atoms with Crippen molar-refractivity contribution in [2.24, 2.45) is 0 Å². The lowest BCUT2D eigenvalue weighted by Crippen LogP contribution is -2.54. The van der Waals surface area contributed by atoms with Crippen LogP contribution in [0.1, 0.15) is 24.0 Å². The van der Waals surface area contributed by atoms with E-state index < -0.39 is 11.5 Å². The molecule has 34 heavy (non-hydrogen) atoms. The maximum atomic E-state index is 14.0. The van der Waals surface area contributed by atoms with Crippen molar-refractivity contribution in [2.75, 3.05) is 46.6 Å². The van der Waals surface area contributed by atoms with Crippen LogP contribution >= 0.6 is 0 Å². The van der Waals surface area contributed by atoms with E-state index in [2.05, 4.69) is 5.32 Å². The molecule has 2 amide bonds. The first-order valence-electron chi connectivity index (χ1n) is 11.7. The summed E-state index contributed by atoms with van der Waals surface area (Å²) in [7, 11) is 1.62. The summed E-state index contributed by atoms with van der Waals surface area (Å²) in [4.78, 5) is 28.2. The molecule has 2 aliphatic rings. The van der Waals surface area contributed by atoms with Gasteiger partial charge >= 0.3 is 6.09 Å². The second-order valence-electron chi connectivity index (χ2n) is 8.65. The van der Waals surface area contributed by atoms with E-state index in [0.29, 0.717) is 52.4 Å². The highest BCUT2D eigenvalue weighted by Gasteiger charge is 2.44. The van der Waals surface area contributed by atoms with E-state index in [4.69, 9.17) is 18.9 Å². The van der Waals surface area contributed by atoms with Gasteiger partial charge in [-0.1, -0.05) is 42.5 Å². The summed E-state index contributed by atoms with van der Waals surface area (Å²) in [6.07, 6.45) is 0.683. The second-order valence-corrected chi connectivity index (χ2v) is 8.65. The summed E-state index contributed by atoms with van der Waals surface area (Å²) in [6, 6.07) is 16.8. The number of hydrogen-bond donors (Lipinski definition) is 1. The van der Waals surface area contributed by atoms with Gasteiger partial charge < -0.3 is 29.2 Å². The van der Waals surface area contributed by atoms with E-state index in [9.17, 15) is 9.59 Å². The average molecular weight is 469 g/mol. The van der Waals surface area contributed by atoms with E-state index in [1.54, 1.807) is 7.11 Å². The number of nitrogens with one attached hydrogen (secondary N) is 1. The minimum absolute atomic E-state index is 0.0379. The van der Waals surface area contributed by atoms with E-state index in [-0.39, 0.29) is 18.6 Å². The largest absolute Gasteiger partial charge is 0.497 e. The number of hydrogen-bond acceptors (Lipinski definition) is 6. The Kier molecular flexibility index (Phi) is 8.03. The average Bonchev–Trinajstić information content (AvgIpc) is 3.13. The van der Waals surface area contributed by atoms with Crippen molar-refractivity contribution in [2.45, 2.75) is 30.9 Å². The Morgan fingerprint density at radius 2 is 1.76 bits per heavy atom. The summed E-state index contributed by atoms with van der Waals surface area (Å²) >= 11 is 0. The van der Waals surface area contributed by atoms with Crippen LogP contribution in [-0.4, -0.2) is 69.6 Å². The molecule has 0 aromatic heterocycles. The first-order chi connectivity index (χ1) is 16.6. The van der Waals surface area contributed by atoms with Gasteiger partial charge in [0, 0.05) is 26.3 Å². The molecule has 1 N–H and O–H groups in total. The zero-order valence-electron chi connectivity index (χ0n) is 19.5. The molecule has 0 aliphatic carbocycles. The summed E-state index contributed by atoms with van der Waals surface area (Å²) in [5.74, 6) is 0.788. The number of ether oxygens (including phenoxy) is 4. The Balaban J connectivity index is 1.44. The highest BCUT2D eigenvalue weighted by Crippen LogP contribution is 2.37. The Hall–Kier alpha value is -3.10. The second kappa shape index (κ2) is 11.4. The fourth-order valence-electron chi connectivity index (χ4n) is 4.57. The lowest BCUT2D eigenvalue weighted by molar-refractivity contribution is -0.141. The van der Waals surface area contributed by atoms with E-state index >= 15 is 0 Å². The molecule has 0 saturated carbocycles. The summed E-state index contributed by atoms with van der Waals surface area (Å²) < 4.78 is 21.9. The molecular weight excluding hydrogens is 436 g/mol. The lowest BCUT2D eigenvalue weighted by Gasteiger charge is -2.40. The van der Waals surface area contributed by atoms with Gasteiger partial charge in [0.15, 0.2) is 0 Å². The molecule has 2 aromatic rings. The zero-order valence-corrected chi connectivity index (χ0v) is 19.5. The molecule has 2 fully saturated rings. The molecule has 1 atom stereocenters. The van der Waals surface area contributed by atoms with E-state index in [1.165, 1.54) is 0 Å². The van der Waals surface area contributed by atoms with Crippen molar-refractivity contribution in [3.05, 3.63) is 65.7 Å². The molecule has 182 valence electrons. The van der Waals surface area contributed by atoms with Crippen LogP contribution in [0, 0.1) is 0 Å². The fraction of sp³-hybridized carbons (Fsp3) is 0.462. The van der Waals surface area contributed by atoms with Gasteiger partial charge in [0.05, 0.1) is 31.8 Å². The van der Waals surface area contributed by atoms with Crippen LogP contribution in [-0.2, 0) is 31.0 Å². The minimum Gasteiger partial charge on any atom is -0.497 e. The molecule has 2 aliphatic heterocycles. The number of carbonyl (C=O) groups is 2. The Morgan fingerprint density at radius 3 is 2.47 bits per heavy atom. The standard InChI is InChI=1S/C26H32N2O6/c1-31-23-9-7-21(8-10-23)26(11-14-32-15-12-26)24(29)28-13-16-33-19-22(17-28)27-25(30)34-18-20-5-3-2-4-6-20/h2-10,22H,11-19H2,1H3,(H,27,30). The Bertz CT molecular complexity index is 944. The molecular formula is C26H32N2O6. The number of benzene rings is 2. The molecule has 4 rings (SSSR count). The molecule has 8 heteroatoms. The van der Waals surface area contributed by atoms with E-state index in [1.807, 2.05) is 59.5 Å². The molecule has 2 heterocycles. The normalized spacial score (nSPS) is 20.1. The first-order valence-corrected chi connectivity index (χ1v) is 11.7. The molecule has 0 spiro atoms. The van der Waals surface area contributed by atoms with Crippen molar-refractivity contribution >= 4 is 12.0 Å².